The van der Waals surface area contributed by atoms with Crippen LogP contribution in [0.2, 0.25) is 0 Å². The first kappa shape index (κ1) is 14.0. The summed E-state index contributed by atoms with van der Waals surface area (Å²) in [6.45, 7) is 3.20. The Labute approximate surface area is 126 Å². The van der Waals surface area contributed by atoms with Gasteiger partial charge in [-0.2, -0.15) is 0 Å². The van der Waals surface area contributed by atoms with Gasteiger partial charge < -0.3 is 4.90 Å². The third kappa shape index (κ3) is 3.57. The number of nitrogens with zero attached hydrogens (tertiary/aromatic N) is 4. The van der Waals surface area contributed by atoms with Crippen LogP contribution in [-0.4, -0.2) is 28.5 Å². The number of rotatable bonds is 6. The second kappa shape index (κ2) is 6.20. The first-order chi connectivity index (χ1) is 10.3. The summed E-state index contributed by atoms with van der Waals surface area (Å²) in [4.78, 5) is 15.7. The van der Waals surface area contributed by atoms with Crippen molar-refractivity contribution < 1.29 is 0 Å². The van der Waals surface area contributed by atoms with E-state index in [1.165, 1.54) is 19.3 Å². The van der Waals surface area contributed by atoms with Crippen LogP contribution in [0.5, 0.6) is 0 Å². The summed E-state index contributed by atoms with van der Waals surface area (Å²) in [5, 5.41) is 0. The van der Waals surface area contributed by atoms with Gasteiger partial charge in [-0.25, -0.2) is 9.97 Å². The molecule has 2 aromatic heterocycles. The summed E-state index contributed by atoms with van der Waals surface area (Å²) in [5.41, 5.74) is 2.11. The van der Waals surface area contributed by atoms with Crippen LogP contribution in [0, 0.1) is 5.92 Å². The lowest BCUT2D eigenvalue weighted by Crippen LogP contribution is -2.21. The van der Waals surface area contributed by atoms with E-state index < -0.39 is 0 Å². The molecule has 0 bridgehead atoms. The van der Waals surface area contributed by atoms with Gasteiger partial charge in [0.2, 0.25) is 0 Å². The van der Waals surface area contributed by atoms with Crippen molar-refractivity contribution in [1.29, 1.82) is 0 Å². The van der Waals surface area contributed by atoms with E-state index in [1.807, 2.05) is 12.1 Å². The molecule has 0 unspecified atom stereocenters. The molecule has 4 heteroatoms. The molecule has 2 aromatic rings. The molecule has 1 aliphatic carbocycles. The second-order valence-electron chi connectivity index (χ2n) is 5.78. The Kier molecular flexibility index (Phi) is 4.13. The number of hydrogen-bond acceptors (Lipinski definition) is 4. The molecule has 1 aliphatic rings. The molecule has 2 heterocycles. The van der Waals surface area contributed by atoms with Gasteiger partial charge in [-0.05, 0) is 30.9 Å². The van der Waals surface area contributed by atoms with Crippen molar-refractivity contribution in [3.05, 3.63) is 36.3 Å². The van der Waals surface area contributed by atoms with Gasteiger partial charge in [-0.15, -0.1) is 0 Å². The molecule has 0 aromatic carbocycles. The van der Waals surface area contributed by atoms with Gasteiger partial charge in [0.25, 0.3) is 0 Å². The van der Waals surface area contributed by atoms with Crippen molar-refractivity contribution in [1.82, 2.24) is 15.0 Å². The molecule has 0 spiro atoms. The Morgan fingerprint density at radius 3 is 2.62 bits per heavy atom. The average molecular weight is 282 g/mol. The highest BCUT2D eigenvalue weighted by Gasteiger charge is 2.21. The van der Waals surface area contributed by atoms with E-state index in [2.05, 4.69) is 34.9 Å². The number of aryl methyl sites for hydroxylation is 1. The normalized spacial score (nSPS) is 14.2. The molecular formula is C17H22N4. The molecule has 0 saturated heterocycles. The molecule has 3 rings (SSSR count). The number of hydrogen-bond donors (Lipinski definition) is 0. The molecule has 21 heavy (non-hydrogen) atoms. The van der Waals surface area contributed by atoms with Gasteiger partial charge in [0.1, 0.15) is 5.82 Å². The molecule has 110 valence electrons. The summed E-state index contributed by atoms with van der Waals surface area (Å²) in [6, 6.07) is 6.03. The fourth-order valence-corrected chi connectivity index (χ4v) is 2.39. The SMILES string of the molecule is CCc1cc(N(C)CCC2CC2)nc(-c2ccncc2)n1. The topological polar surface area (TPSA) is 41.9 Å². The first-order valence-corrected chi connectivity index (χ1v) is 7.75. The Morgan fingerprint density at radius 2 is 1.95 bits per heavy atom. The van der Waals surface area contributed by atoms with Crippen LogP contribution in [0.15, 0.2) is 30.6 Å². The van der Waals surface area contributed by atoms with Crippen molar-refractivity contribution in [2.75, 3.05) is 18.5 Å². The molecule has 0 N–H and O–H groups in total. The van der Waals surface area contributed by atoms with Gasteiger partial charge >= 0.3 is 0 Å². The van der Waals surface area contributed by atoms with Crippen LogP contribution >= 0.6 is 0 Å². The predicted octanol–water partition coefficient (Wildman–Crippen LogP) is 3.34. The monoisotopic (exact) mass is 282 g/mol. The maximum Gasteiger partial charge on any atom is 0.161 e. The van der Waals surface area contributed by atoms with Crippen molar-refractivity contribution in [3.8, 4) is 11.4 Å². The second-order valence-corrected chi connectivity index (χ2v) is 5.78. The van der Waals surface area contributed by atoms with Gasteiger partial charge in [-0.3, -0.25) is 4.98 Å². The highest BCUT2D eigenvalue weighted by Crippen LogP contribution is 2.32. The van der Waals surface area contributed by atoms with Crippen molar-refractivity contribution >= 4 is 5.82 Å². The molecule has 0 aliphatic heterocycles. The maximum atomic E-state index is 4.74. The minimum Gasteiger partial charge on any atom is -0.360 e. The highest BCUT2D eigenvalue weighted by molar-refractivity contribution is 5.57. The number of anilines is 1. The van der Waals surface area contributed by atoms with Gasteiger partial charge in [0.05, 0.1) is 0 Å². The lowest BCUT2D eigenvalue weighted by molar-refractivity contribution is 0.705. The predicted molar refractivity (Wildman–Crippen MR) is 85.3 cm³/mol. The van der Waals surface area contributed by atoms with Crippen LogP contribution in [-0.2, 0) is 6.42 Å². The smallest absolute Gasteiger partial charge is 0.161 e. The fourth-order valence-electron chi connectivity index (χ4n) is 2.39. The third-order valence-corrected chi connectivity index (χ3v) is 4.03. The molecular weight excluding hydrogens is 260 g/mol. The molecule has 1 saturated carbocycles. The van der Waals surface area contributed by atoms with Crippen LogP contribution in [0.4, 0.5) is 5.82 Å². The van der Waals surface area contributed by atoms with Crippen LogP contribution in [0.3, 0.4) is 0 Å². The molecule has 0 radical (unpaired) electrons. The summed E-state index contributed by atoms with van der Waals surface area (Å²) < 4.78 is 0. The van der Waals surface area contributed by atoms with E-state index in [4.69, 9.17) is 4.98 Å². The summed E-state index contributed by atoms with van der Waals surface area (Å²) in [5.74, 6) is 2.76. The standard InChI is InChI=1S/C17H22N4/c1-3-15-12-16(21(2)11-8-13-4-5-13)20-17(19-15)14-6-9-18-10-7-14/h6-7,9-10,12-13H,3-5,8,11H2,1-2H3. The Balaban J connectivity index is 1.85. The van der Waals surface area contributed by atoms with E-state index in [1.54, 1.807) is 12.4 Å². The van der Waals surface area contributed by atoms with Crippen LogP contribution in [0.1, 0.15) is 31.9 Å². The van der Waals surface area contributed by atoms with Crippen molar-refractivity contribution in [2.45, 2.75) is 32.6 Å². The van der Waals surface area contributed by atoms with Gasteiger partial charge in [0.15, 0.2) is 5.82 Å². The van der Waals surface area contributed by atoms with Crippen molar-refractivity contribution in [2.24, 2.45) is 5.92 Å². The number of aromatic nitrogens is 3. The zero-order valence-corrected chi connectivity index (χ0v) is 12.8. The number of pyridine rings is 1. The lowest BCUT2D eigenvalue weighted by Gasteiger charge is -2.19. The average Bonchev–Trinajstić information content (AvgIpc) is 3.37. The van der Waals surface area contributed by atoms with E-state index in [9.17, 15) is 0 Å². The quantitative estimate of drug-likeness (QED) is 0.815. The summed E-state index contributed by atoms with van der Waals surface area (Å²) in [7, 11) is 2.13. The molecule has 4 nitrogen and oxygen atoms in total. The summed E-state index contributed by atoms with van der Waals surface area (Å²) in [6.07, 6.45) is 8.57. The van der Waals surface area contributed by atoms with E-state index in [0.29, 0.717) is 0 Å². The highest BCUT2D eigenvalue weighted by atomic mass is 15.2. The Morgan fingerprint density at radius 1 is 1.19 bits per heavy atom. The maximum absolute atomic E-state index is 4.74. The molecule has 1 fully saturated rings. The fraction of sp³-hybridized carbons (Fsp3) is 0.471. The van der Waals surface area contributed by atoms with Crippen molar-refractivity contribution in [3.63, 3.8) is 0 Å². The van der Waals surface area contributed by atoms with E-state index in [-0.39, 0.29) is 0 Å². The van der Waals surface area contributed by atoms with E-state index in [0.717, 1.165) is 41.8 Å². The van der Waals surface area contributed by atoms with Gasteiger partial charge in [0, 0.05) is 43.3 Å². The van der Waals surface area contributed by atoms with Gasteiger partial charge in [-0.1, -0.05) is 19.8 Å². The Bertz CT molecular complexity index is 593. The molecule has 0 atom stereocenters. The minimum absolute atomic E-state index is 0.796. The third-order valence-electron chi connectivity index (χ3n) is 4.03. The van der Waals surface area contributed by atoms with E-state index >= 15 is 0 Å². The first-order valence-electron chi connectivity index (χ1n) is 7.75. The lowest BCUT2D eigenvalue weighted by atomic mass is 10.2. The zero-order valence-electron chi connectivity index (χ0n) is 12.8. The Hall–Kier alpha value is -1.97. The molecule has 0 amide bonds. The zero-order chi connectivity index (χ0) is 14.7. The van der Waals surface area contributed by atoms with Crippen LogP contribution < -0.4 is 4.90 Å². The minimum atomic E-state index is 0.796. The summed E-state index contributed by atoms with van der Waals surface area (Å²) >= 11 is 0. The largest absolute Gasteiger partial charge is 0.360 e. The van der Waals surface area contributed by atoms with Crippen LogP contribution in [0.25, 0.3) is 11.4 Å².